The van der Waals surface area contributed by atoms with Crippen molar-refractivity contribution < 1.29 is 12.8 Å². The van der Waals surface area contributed by atoms with Gasteiger partial charge in [0.05, 0.1) is 6.26 Å². The zero-order valence-electron chi connectivity index (χ0n) is 11.1. The predicted octanol–water partition coefficient (Wildman–Crippen LogP) is 2.36. The Morgan fingerprint density at radius 2 is 2.15 bits per heavy atom. The van der Waals surface area contributed by atoms with Crippen LogP contribution in [0.2, 0.25) is 0 Å². The maximum absolute atomic E-state index is 13.2. The third kappa shape index (κ3) is 2.36. The van der Waals surface area contributed by atoms with E-state index in [2.05, 4.69) is 4.98 Å². The first kappa shape index (κ1) is 13.3. The van der Waals surface area contributed by atoms with E-state index < -0.39 is 10.0 Å². The number of sulfonamides is 1. The molecule has 3 rings (SSSR count). The van der Waals surface area contributed by atoms with E-state index in [-0.39, 0.29) is 5.82 Å². The highest BCUT2D eigenvalue weighted by Crippen LogP contribution is 2.29. The fraction of sp³-hybridized carbons (Fsp3) is 0.286. The molecule has 1 N–H and O–H groups in total. The van der Waals surface area contributed by atoms with Crippen LogP contribution in [0, 0.1) is 5.82 Å². The molecule has 0 saturated carbocycles. The summed E-state index contributed by atoms with van der Waals surface area (Å²) in [6, 6.07) is 4.65. The summed E-state index contributed by atoms with van der Waals surface area (Å²) in [5.41, 5.74) is 2.88. The minimum atomic E-state index is -3.13. The van der Waals surface area contributed by atoms with Crippen molar-refractivity contribution in [2.45, 2.75) is 6.42 Å². The highest BCUT2D eigenvalue weighted by atomic mass is 32.2. The van der Waals surface area contributed by atoms with Crippen molar-refractivity contribution in [3.63, 3.8) is 0 Å². The third-order valence-corrected chi connectivity index (χ3v) is 4.90. The molecule has 0 spiro atoms. The Morgan fingerprint density at radius 3 is 2.80 bits per heavy atom. The molecule has 1 aliphatic rings. The second-order valence-electron chi connectivity index (χ2n) is 4.99. The average molecular weight is 294 g/mol. The van der Waals surface area contributed by atoms with Gasteiger partial charge in [-0.2, -0.15) is 4.31 Å². The van der Waals surface area contributed by atoms with E-state index in [1.165, 1.54) is 22.7 Å². The van der Waals surface area contributed by atoms with Gasteiger partial charge in [0.15, 0.2) is 0 Å². The Labute approximate surface area is 117 Å². The Morgan fingerprint density at radius 1 is 1.35 bits per heavy atom. The Hall–Kier alpha value is -1.66. The van der Waals surface area contributed by atoms with E-state index in [4.69, 9.17) is 0 Å². The number of halogens is 1. The molecule has 0 unspecified atom stereocenters. The second kappa shape index (κ2) is 4.71. The van der Waals surface area contributed by atoms with Crippen LogP contribution in [0.4, 0.5) is 4.39 Å². The van der Waals surface area contributed by atoms with Crippen LogP contribution in [0.1, 0.15) is 12.0 Å². The van der Waals surface area contributed by atoms with Crippen molar-refractivity contribution in [3.8, 4) is 0 Å². The molecule has 1 aliphatic heterocycles. The maximum Gasteiger partial charge on any atom is 0.211 e. The first-order valence-corrected chi connectivity index (χ1v) is 8.21. The van der Waals surface area contributed by atoms with Crippen LogP contribution in [0.5, 0.6) is 0 Å². The zero-order chi connectivity index (χ0) is 14.3. The van der Waals surface area contributed by atoms with Crippen LogP contribution in [0.25, 0.3) is 16.5 Å². The number of aromatic nitrogens is 1. The zero-order valence-corrected chi connectivity index (χ0v) is 11.9. The van der Waals surface area contributed by atoms with Gasteiger partial charge in [0, 0.05) is 35.8 Å². The van der Waals surface area contributed by atoms with Gasteiger partial charge < -0.3 is 4.98 Å². The monoisotopic (exact) mass is 294 g/mol. The predicted molar refractivity (Wildman–Crippen MR) is 77.3 cm³/mol. The molecule has 2 heterocycles. The van der Waals surface area contributed by atoms with Crippen molar-refractivity contribution in [1.82, 2.24) is 9.29 Å². The van der Waals surface area contributed by atoms with Crippen molar-refractivity contribution in [1.29, 1.82) is 0 Å². The van der Waals surface area contributed by atoms with Crippen LogP contribution in [0.15, 0.2) is 30.5 Å². The largest absolute Gasteiger partial charge is 0.360 e. The van der Waals surface area contributed by atoms with Gasteiger partial charge in [0.1, 0.15) is 5.82 Å². The van der Waals surface area contributed by atoms with Crippen molar-refractivity contribution >= 4 is 26.5 Å². The lowest BCUT2D eigenvalue weighted by Gasteiger charge is -2.24. The highest BCUT2D eigenvalue weighted by molar-refractivity contribution is 7.88. The summed E-state index contributed by atoms with van der Waals surface area (Å²) in [5, 5.41) is 0.963. The average Bonchev–Trinajstić information content (AvgIpc) is 2.80. The van der Waals surface area contributed by atoms with Gasteiger partial charge in [-0.3, -0.25) is 0 Å². The van der Waals surface area contributed by atoms with Crippen molar-refractivity contribution in [3.05, 3.63) is 41.9 Å². The fourth-order valence-corrected chi connectivity index (χ4v) is 3.33. The standard InChI is InChI=1S/C14H15FN2O2S/c1-20(18,19)17-6-4-10(5-7-17)13-9-16-14-8-11(15)2-3-12(13)14/h2-4,8-9,16H,5-7H2,1H3. The minimum absolute atomic E-state index is 0.272. The van der Waals surface area contributed by atoms with E-state index in [0.717, 1.165) is 22.0 Å². The molecule has 2 aromatic rings. The number of hydrogen-bond acceptors (Lipinski definition) is 2. The number of H-pyrrole nitrogens is 1. The van der Waals surface area contributed by atoms with E-state index in [0.29, 0.717) is 19.5 Å². The molecule has 0 bridgehead atoms. The quantitative estimate of drug-likeness (QED) is 0.924. The second-order valence-corrected chi connectivity index (χ2v) is 6.98. The topological polar surface area (TPSA) is 53.2 Å². The molecule has 0 fully saturated rings. The maximum atomic E-state index is 13.2. The number of hydrogen-bond donors (Lipinski definition) is 1. The lowest BCUT2D eigenvalue weighted by atomic mass is 10.00. The van der Waals surface area contributed by atoms with Gasteiger partial charge in [0.2, 0.25) is 10.0 Å². The number of fused-ring (bicyclic) bond motifs is 1. The molecule has 0 aliphatic carbocycles. The van der Waals surface area contributed by atoms with Gasteiger partial charge in [-0.25, -0.2) is 12.8 Å². The Balaban J connectivity index is 1.95. The summed E-state index contributed by atoms with van der Waals surface area (Å²) >= 11 is 0. The minimum Gasteiger partial charge on any atom is -0.360 e. The summed E-state index contributed by atoms with van der Waals surface area (Å²) < 4.78 is 37.6. The SMILES string of the molecule is CS(=O)(=O)N1CC=C(c2c[nH]c3cc(F)ccc23)CC1. The van der Waals surface area contributed by atoms with Crippen molar-refractivity contribution in [2.24, 2.45) is 0 Å². The fourth-order valence-electron chi connectivity index (χ4n) is 2.56. The van der Waals surface area contributed by atoms with Gasteiger partial charge in [-0.15, -0.1) is 0 Å². The molecular weight excluding hydrogens is 279 g/mol. The molecule has 1 aromatic carbocycles. The van der Waals surface area contributed by atoms with Gasteiger partial charge in [0.25, 0.3) is 0 Å². The molecule has 1 aromatic heterocycles. The van der Waals surface area contributed by atoms with E-state index in [9.17, 15) is 12.8 Å². The van der Waals surface area contributed by atoms with Crippen LogP contribution in [-0.4, -0.2) is 37.1 Å². The molecule has 106 valence electrons. The molecular formula is C14H15FN2O2S. The highest BCUT2D eigenvalue weighted by Gasteiger charge is 2.21. The summed E-state index contributed by atoms with van der Waals surface area (Å²) in [7, 11) is -3.13. The summed E-state index contributed by atoms with van der Waals surface area (Å²) in [6.45, 7) is 0.876. The number of rotatable bonds is 2. The Bertz CT molecular complexity index is 793. The molecule has 20 heavy (non-hydrogen) atoms. The lowest BCUT2D eigenvalue weighted by molar-refractivity contribution is 0.446. The number of nitrogens with one attached hydrogen (secondary N) is 1. The van der Waals surface area contributed by atoms with Crippen LogP contribution in [-0.2, 0) is 10.0 Å². The van der Waals surface area contributed by atoms with E-state index in [1.807, 2.05) is 12.3 Å². The molecule has 4 nitrogen and oxygen atoms in total. The van der Waals surface area contributed by atoms with Crippen LogP contribution < -0.4 is 0 Å². The van der Waals surface area contributed by atoms with E-state index >= 15 is 0 Å². The van der Waals surface area contributed by atoms with Crippen molar-refractivity contribution in [2.75, 3.05) is 19.3 Å². The van der Waals surface area contributed by atoms with E-state index in [1.54, 1.807) is 6.07 Å². The lowest BCUT2D eigenvalue weighted by Crippen LogP contribution is -2.33. The first-order chi connectivity index (χ1) is 9.45. The van der Waals surface area contributed by atoms with Crippen LogP contribution >= 0.6 is 0 Å². The van der Waals surface area contributed by atoms with Gasteiger partial charge in [-0.05, 0) is 30.2 Å². The van der Waals surface area contributed by atoms with Gasteiger partial charge in [-0.1, -0.05) is 6.08 Å². The molecule has 0 amide bonds. The first-order valence-electron chi connectivity index (χ1n) is 6.36. The Kier molecular flexibility index (Phi) is 3.14. The summed E-state index contributed by atoms with van der Waals surface area (Å²) in [6.07, 6.45) is 5.67. The summed E-state index contributed by atoms with van der Waals surface area (Å²) in [5.74, 6) is -0.272. The number of nitrogens with zero attached hydrogens (tertiary/aromatic N) is 1. The smallest absolute Gasteiger partial charge is 0.211 e. The molecule has 0 radical (unpaired) electrons. The summed E-state index contributed by atoms with van der Waals surface area (Å²) in [4.78, 5) is 3.06. The number of aromatic amines is 1. The molecule has 0 atom stereocenters. The normalized spacial score (nSPS) is 17.4. The third-order valence-electron chi connectivity index (χ3n) is 3.63. The van der Waals surface area contributed by atoms with Crippen LogP contribution in [0.3, 0.4) is 0 Å². The number of benzene rings is 1. The van der Waals surface area contributed by atoms with Gasteiger partial charge >= 0.3 is 0 Å². The molecule has 6 heteroatoms. The molecule has 0 saturated heterocycles.